The van der Waals surface area contributed by atoms with Crippen molar-refractivity contribution >= 4 is 17.9 Å². The van der Waals surface area contributed by atoms with E-state index in [1.807, 2.05) is 37.4 Å². The molecule has 0 radical (unpaired) electrons. The number of rotatable bonds is 9. The first-order valence-corrected chi connectivity index (χ1v) is 11.4. The molecule has 0 bridgehead atoms. The molecule has 1 saturated carbocycles. The molecule has 1 fully saturated rings. The molecule has 2 aromatic carbocycles. The van der Waals surface area contributed by atoms with E-state index in [-0.39, 0.29) is 17.4 Å². The minimum atomic E-state index is -0.990. The van der Waals surface area contributed by atoms with Gasteiger partial charge in [-0.3, -0.25) is 0 Å². The van der Waals surface area contributed by atoms with Crippen LogP contribution in [0.4, 0.5) is 0 Å². The number of allylic oxidation sites excluding steroid dienone is 1. The number of aromatic carboxylic acids is 1. The molecule has 0 spiro atoms. The second-order valence-electron chi connectivity index (χ2n) is 8.26. The number of nitrogens with two attached hydrogens (primary N) is 2. The highest BCUT2D eigenvalue weighted by molar-refractivity contribution is 7.97. The molecule has 4 rings (SSSR count). The number of benzene rings is 2. The van der Waals surface area contributed by atoms with Crippen LogP contribution >= 0.6 is 11.9 Å². The van der Waals surface area contributed by atoms with Gasteiger partial charge in [0.1, 0.15) is 5.56 Å². The molecular weight excluding hydrogens is 436 g/mol. The number of hydrogen-bond donors (Lipinski definition) is 3. The van der Waals surface area contributed by atoms with Crippen molar-refractivity contribution in [3.8, 4) is 5.69 Å². The standard InChI is InChI=1S/C24H28N6O2S/c1-28(26)15-22(25)19-12-20(19)23-21(24(31)32)13-27-30(23)17-8-6-7-16(11-17)14-29(2)33-18-9-4-3-5-10-18/h3-11,13,15,19-20H,12,14,25-26H2,1-2H3,(H,31,32)/b22-15-/t19?,20-/m1/s1. The molecule has 5 N–H and O–H groups in total. The quantitative estimate of drug-likeness (QED) is 0.251. The molecule has 1 aromatic heterocycles. The first-order chi connectivity index (χ1) is 15.8. The Morgan fingerprint density at radius 1 is 1.24 bits per heavy atom. The van der Waals surface area contributed by atoms with Gasteiger partial charge in [0.05, 0.1) is 17.6 Å². The molecule has 8 nitrogen and oxygen atoms in total. The maximum atomic E-state index is 11.9. The summed E-state index contributed by atoms with van der Waals surface area (Å²) in [6.07, 6.45) is 3.86. The zero-order valence-electron chi connectivity index (χ0n) is 18.6. The molecule has 1 aliphatic rings. The average molecular weight is 465 g/mol. The van der Waals surface area contributed by atoms with E-state index in [1.165, 1.54) is 16.1 Å². The van der Waals surface area contributed by atoms with E-state index < -0.39 is 5.97 Å². The van der Waals surface area contributed by atoms with Crippen molar-refractivity contribution in [1.29, 1.82) is 0 Å². The normalized spacial score (nSPS) is 17.9. The van der Waals surface area contributed by atoms with Gasteiger partial charge >= 0.3 is 5.97 Å². The lowest BCUT2D eigenvalue weighted by Gasteiger charge is -2.16. The fourth-order valence-corrected chi connectivity index (χ4v) is 4.87. The molecule has 172 valence electrons. The van der Waals surface area contributed by atoms with Gasteiger partial charge in [-0.05, 0) is 55.2 Å². The van der Waals surface area contributed by atoms with E-state index >= 15 is 0 Å². The number of hydrogen-bond acceptors (Lipinski definition) is 7. The Labute approximate surface area is 197 Å². The number of carboxylic acid groups (broad SMARTS) is 1. The third-order valence-corrected chi connectivity index (χ3v) is 6.45. The Kier molecular flexibility index (Phi) is 6.73. The van der Waals surface area contributed by atoms with E-state index in [4.69, 9.17) is 11.6 Å². The summed E-state index contributed by atoms with van der Waals surface area (Å²) in [4.78, 5) is 13.1. The van der Waals surface area contributed by atoms with Crippen LogP contribution in [0.3, 0.4) is 0 Å². The van der Waals surface area contributed by atoms with E-state index in [9.17, 15) is 9.90 Å². The second kappa shape index (κ2) is 9.70. The van der Waals surface area contributed by atoms with Crippen LogP contribution in [0.5, 0.6) is 0 Å². The first-order valence-electron chi connectivity index (χ1n) is 10.6. The van der Waals surface area contributed by atoms with Crippen LogP contribution in [0.25, 0.3) is 5.69 Å². The van der Waals surface area contributed by atoms with Crippen LogP contribution in [0.1, 0.15) is 34.0 Å². The van der Waals surface area contributed by atoms with Crippen molar-refractivity contribution < 1.29 is 9.90 Å². The average Bonchev–Trinajstić information content (AvgIpc) is 3.43. The van der Waals surface area contributed by atoms with Gasteiger partial charge in [0.2, 0.25) is 0 Å². The van der Waals surface area contributed by atoms with Gasteiger partial charge in [-0.25, -0.2) is 19.6 Å². The lowest BCUT2D eigenvalue weighted by Crippen LogP contribution is -2.21. The van der Waals surface area contributed by atoms with Gasteiger partial charge in [-0.15, -0.1) is 0 Å². The van der Waals surface area contributed by atoms with Crippen LogP contribution in [0, 0.1) is 5.92 Å². The topological polar surface area (TPSA) is 114 Å². The van der Waals surface area contributed by atoms with Crippen LogP contribution in [-0.2, 0) is 6.54 Å². The Balaban J connectivity index is 1.58. The summed E-state index contributed by atoms with van der Waals surface area (Å²) < 4.78 is 3.90. The van der Waals surface area contributed by atoms with Crippen LogP contribution in [0.15, 0.2) is 77.6 Å². The zero-order chi connectivity index (χ0) is 23.5. The molecule has 0 aliphatic heterocycles. The predicted octanol–water partition coefficient (Wildman–Crippen LogP) is 3.42. The summed E-state index contributed by atoms with van der Waals surface area (Å²) in [5.41, 5.74) is 9.65. The van der Waals surface area contributed by atoms with Crippen LogP contribution < -0.4 is 11.6 Å². The van der Waals surface area contributed by atoms with Gasteiger partial charge in [-0.1, -0.05) is 30.3 Å². The highest BCUT2D eigenvalue weighted by Crippen LogP contribution is 2.51. The number of carboxylic acids is 1. The molecule has 1 heterocycles. The fraction of sp³-hybridized carbons (Fsp3) is 0.250. The molecule has 33 heavy (non-hydrogen) atoms. The smallest absolute Gasteiger partial charge is 0.339 e. The maximum Gasteiger partial charge on any atom is 0.339 e. The van der Waals surface area contributed by atoms with Gasteiger partial charge < -0.3 is 15.8 Å². The van der Waals surface area contributed by atoms with E-state index in [0.29, 0.717) is 11.4 Å². The highest BCUT2D eigenvalue weighted by atomic mass is 32.2. The van der Waals surface area contributed by atoms with Gasteiger partial charge in [-0.2, -0.15) is 5.10 Å². The van der Waals surface area contributed by atoms with Crippen molar-refractivity contribution in [3.63, 3.8) is 0 Å². The molecule has 1 unspecified atom stereocenters. The molecular formula is C24H28N6O2S. The largest absolute Gasteiger partial charge is 0.478 e. The summed E-state index contributed by atoms with van der Waals surface area (Å²) in [6, 6.07) is 18.2. The van der Waals surface area contributed by atoms with Crippen molar-refractivity contribution in [2.45, 2.75) is 23.8 Å². The van der Waals surface area contributed by atoms with Crippen molar-refractivity contribution in [3.05, 3.63) is 89.5 Å². The molecule has 2 atom stereocenters. The maximum absolute atomic E-state index is 11.9. The third kappa shape index (κ3) is 5.39. The fourth-order valence-electron chi connectivity index (χ4n) is 4.02. The van der Waals surface area contributed by atoms with Crippen molar-refractivity contribution in [1.82, 2.24) is 19.1 Å². The third-order valence-electron chi connectivity index (χ3n) is 5.52. The van der Waals surface area contributed by atoms with Crippen molar-refractivity contribution in [2.24, 2.45) is 17.5 Å². The van der Waals surface area contributed by atoms with Gasteiger partial charge in [0, 0.05) is 42.2 Å². The van der Waals surface area contributed by atoms with E-state index in [2.05, 4.69) is 33.7 Å². The summed E-state index contributed by atoms with van der Waals surface area (Å²) in [6.45, 7) is 0.723. The zero-order valence-corrected chi connectivity index (χ0v) is 19.4. The molecule has 9 heteroatoms. The highest BCUT2D eigenvalue weighted by Gasteiger charge is 2.45. The summed E-state index contributed by atoms with van der Waals surface area (Å²) >= 11 is 1.67. The Hall–Kier alpha value is -3.27. The predicted molar refractivity (Wildman–Crippen MR) is 129 cm³/mol. The van der Waals surface area contributed by atoms with Gasteiger partial charge in [0.15, 0.2) is 0 Å². The lowest BCUT2D eigenvalue weighted by atomic mass is 10.1. The molecule has 0 amide bonds. The molecule has 0 saturated heterocycles. The Bertz CT molecular complexity index is 1160. The first kappa shape index (κ1) is 22.9. The SMILES string of the molecule is CN(N)/C=C(\N)C1C[C@H]1c1c(C(=O)O)cnn1-c1cccc(CN(C)Sc2ccccc2)c1. The van der Waals surface area contributed by atoms with Gasteiger partial charge in [0.25, 0.3) is 0 Å². The summed E-state index contributed by atoms with van der Waals surface area (Å²) in [5, 5.41) is 15.6. The number of carbonyl (C=O) groups is 1. The molecule has 3 aromatic rings. The Morgan fingerprint density at radius 3 is 2.70 bits per heavy atom. The van der Waals surface area contributed by atoms with Crippen molar-refractivity contribution in [2.75, 3.05) is 14.1 Å². The molecule has 1 aliphatic carbocycles. The minimum absolute atomic E-state index is 0.0187. The van der Waals surface area contributed by atoms with E-state index in [0.717, 1.165) is 24.2 Å². The number of nitrogens with zero attached hydrogens (tertiary/aromatic N) is 4. The number of aromatic nitrogens is 2. The van der Waals surface area contributed by atoms with Crippen LogP contribution in [0.2, 0.25) is 0 Å². The minimum Gasteiger partial charge on any atom is -0.478 e. The second-order valence-corrected chi connectivity index (χ2v) is 9.54. The summed E-state index contributed by atoms with van der Waals surface area (Å²) in [7, 11) is 3.75. The lowest BCUT2D eigenvalue weighted by molar-refractivity contribution is 0.0695. The van der Waals surface area contributed by atoms with E-state index in [1.54, 1.807) is 29.9 Å². The van der Waals surface area contributed by atoms with Crippen LogP contribution in [-0.4, -0.2) is 44.3 Å². The number of hydrazine groups is 1. The monoisotopic (exact) mass is 464 g/mol. The summed E-state index contributed by atoms with van der Waals surface area (Å²) in [5.74, 6) is 4.72. The Morgan fingerprint density at radius 2 is 2.00 bits per heavy atom.